The van der Waals surface area contributed by atoms with Gasteiger partial charge in [0.2, 0.25) is 0 Å². The number of hydrogen-bond acceptors (Lipinski definition) is 3. The molecule has 3 rings (SSSR count). The molecule has 2 heterocycles. The molecule has 3 nitrogen and oxygen atoms in total. The lowest BCUT2D eigenvalue weighted by atomic mass is 9.99. The van der Waals surface area contributed by atoms with Crippen LogP contribution in [-0.4, -0.2) is 22.3 Å². The summed E-state index contributed by atoms with van der Waals surface area (Å²) in [5, 5.41) is 1.83. The van der Waals surface area contributed by atoms with Gasteiger partial charge in [0, 0.05) is 11.9 Å². The zero-order chi connectivity index (χ0) is 13.2. The molecule has 0 spiro atoms. The van der Waals surface area contributed by atoms with E-state index in [0.717, 1.165) is 19.4 Å². The highest BCUT2D eigenvalue weighted by Gasteiger charge is 2.31. The van der Waals surface area contributed by atoms with E-state index >= 15 is 0 Å². The lowest BCUT2D eigenvalue weighted by molar-refractivity contribution is 0.0730. The standard InChI is InChI=1S/C15H16N2OS/c1-11-5-2-3-6-12(11)14-7-4-8-17(14)15(18)13-9-19-10-16-13/h2-3,5-6,9-10,14H,4,7-8H2,1H3. The van der Waals surface area contributed by atoms with Crippen LogP contribution in [-0.2, 0) is 0 Å². The molecule has 4 heteroatoms. The number of carbonyl (C=O) groups excluding carboxylic acids is 1. The van der Waals surface area contributed by atoms with Crippen LogP contribution >= 0.6 is 11.3 Å². The highest BCUT2D eigenvalue weighted by atomic mass is 32.1. The summed E-state index contributed by atoms with van der Waals surface area (Å²) in [6.07, 6.45) is 2.11. The van der Waals surface area contributed by atoms with Crippen molar-refractivity contribution in [1.82, 2.24) is 9.88 Å². The van der Waals surface area contributed by atoms with Crippen molar-refractivity contribution in [3.63, 3.8) is 0 Å². The summed E-state index contributed by atoms with van der Waals surface area (Å²) in [7, 11) is 0. The summed E-state index contributed by atoms with van der Waals surface area (Å²) in [4.78, 5) is 18.6. The molecule has 1 amide bonds. The van der Waals surface area contributed by atoms with Crippen molar-refractivity contribution in [2.75, 3.05) is 6.54 Å². The molecule has 2 aromatic rings. The van der Waals surface area contributed by atoms with E-state index in [4.69, 9.17) is 0 Å². The molecule has 0 aliphatic carbocycles. The topological polar surface area (TPSA) is 33.2 Å². The summed E-state index contributed by atoms with van der Waals surface area (Å²) in [5.41, 5.74) is 4.81. The molecule has 1 fully saturated rings. The van der Waals surface area contributed by atoms with Crippen LogP contribution < -0.4 is 0 Å². The van der Waals surface area contributed by atoms with Gasteiger partial charge in [-0.1, -0.05) is 24.3 Å². The van der Waals surface area contributed by atoms with Gasteiger partial charge in [0.05, 0.1) is 11.6 Å². The van der Waals surface area contributed by atoms with Gasteiger partial charge in [0.1, 0.15) is 5.69 Å². The smallest absolute Gasteiger partial charge is 0.273 e. The Morgan fingerprint density at radius 2 is 2.26 bits per heavy atom. The van der Waals surface area contributed by atoms with Crippen molar-refractivity contribution in [3.05, 3.63) is 52.0 Å². The van der Waals surface area contributed by atoms with Gasteiger partial charge in [-0.3, -0.25) is 4.79 Å². The van der Waals surface area contributed by atoms with Crippen LogP contribution in [0.1, 0.15) is 40.5 Å². The fourth-order valence-electron chi connectivity index (χ4n) is 2.76. The van der Waals surface area contributed by atoms with E-state index in [1.807, 2.05) is 22.4 Å². The number of thiazole rings is 1. The molecular weight excluding hydrogens is 256 g/mol. The Morgan fingerprint density at radius 3 is 3.00 bits per heavy atom. The SMILES string of the molecule is Cc1ccccc1C1CCCN1C(=O)c1cscn1. The number of aryl methyl sites for hydroxylation is 1. The summed E-state index contributed by atoms with van der Waals surface area (Å²) in [6.45, 7) is 2.94. The number of rotatable bonds is 2. The second kappa shape index (κ2) is 5.13. The number of hydrogen-bond donors (Lipinski definition) is 0. The molecule has 0 saturated carbocycles. The van der Waals surface area contributed by atoms with Crippen molar-refractivity contribution >= 4 is 17.2 Å². The Bertz CT molecular complexity index is 580. The zero-order valence-electron chi connectivity index (χ0n) is 10.9. The summed E-state index contributed by atoms with van der Waals surface area (Å²) < 4.78 is 0. The first-order chi connectivity index (χ1) is 9.27. The average molecular weight is 272 g/mol. The molecule has 1 aliphatic rings. The van der Waals surface area contributed by atoms with Crippen LogP contribution in [0, 0.1) is 6.92 Å². The Balaban J connectivity index is 1.90. The Labute approximate surface area is 116 Å². The van der Waals surface area contributed by atoms with Gasteiger partial charge in [0.15, 0.2) is 0 Å². The number of aromatic nitrogens is 1. The van der Waals surface area contributed by atoms with Gasteiger partial charge in [-0.2, -0.15) is 0 Å². The second-order valence-corrected chi connectivity index (χ2v) is 5.61. The molecule has 1 aliphatic heterocycles. The second-order valence-electron chi connectivity index (χ2n) is 4.89. The van der Waals surface area contributed by atoms with E-state index in [0.29, 0.717) is 5.69 Å². The van der Waals surface area contributed by atoms with E-state index in [2.05, 4.69) is 24.0 Å². The minimum atomic E-state index is 0.0620. The van der Waals surface area contributed by atoms with Gasteiger partial charge in [-0.15, -0.1) is 11.3 Å². The lowest BCUT2D eigenvalue weighted by Crippen LogP contribution is -2.31. The lowest BCUT2D eigenvalue weighted by Gasteiger charge is -2.25. The largest absolute Gasteiger partial charge is 0.330 e. The third-order valence-electron chi connectivity index (χ3n) is 3.71. The average Bonchev–Trinajstić information content (AvgIpc) is 3.10. The van der Waals surface area contributed by atoms with Crippen LogP contribution in [0.3, 0.4) is 0 Å². The number of nitrogens with zero attached hydrogens (tertiary/aromatic N) is 2. The van der Waals surface area contributed by atoms with Gasteiger partial charge in [-0.25, -0.2) is 4.98 Å². The Hall–Kier alpha value is -1.68. The quantitative estimate of drug-likeness (QED) is 0.839. The van der Waals surface area contributed by atoms with E-state index in [1.165, 1.54) is 22.5 Å². The molecule has 1 atom stereocenters. The van der Waals surface area contributed by atoms with Crippen molar-refractivity contribution in [3.8, 4) is 0 Å². The molecule has 0 bridgehead atoms. The number of likely N-dealkylation sites (tertiary alicyclic amines) is 1. The van der Waals surface area contributed by atoms with Crippen molar-refractivity contribution in [1.29, 1.82) is 0 Å². The predicted molar refractivity (Wildman–Crippen MR) is 76.3 cm³/mol. The molecule has 0 radical (unpaired) electrons. The summed E-state index contributed by atoms with van der Waals surface area (Å²) >= 11 is 1.47. The maximum Gasteiger partial charge on any atom is 0.273 e. The summed E-state index contributed by atoms with van der Waals surface area (Å²) in [5.74, 6) is 0.0620. The molecule has 1 saturated heterocycles. The molecule has 1 aromatic heterocycles. The molecule has 19 heavy (non-hydrogen) atoms. The Kier molecular flexibility index (Phi) is 3.34. The maximum atomic E-state index is 12.5. The van der Waals surface area contributed by atoms with Crippen LogP contribution in [0.25, 0.3) is 0 Å². The Morgan fingerprint density at radius 1 is 1.42 bits per heavy atom. The van der Waals surface area contributed by atoms with E-state index in [9.17, 15) is 4.79 Å². The third kappa shape index (κ3) is 2.28. The maximum absolute atomic E-state index is 12.5. The molecule has 1 unspecified atom stereocenters. The molecule has 1 aromatic carbocycles. The normalized spacial score (nSPS) is 18.8. The molecule has 98 valence electrons. The van der Waals surface area contributed by atoms with Crippen LogP contribution in [0.15, 0.2) is 35.2 Å². The van der Waals surface area contributed by atoms with Crippen LogP contribution in [0.5, 0.6) is 0 Å². The third-order valence-corrected chi connectivity index (χ3v) is 4.30. The predicted octanol–water partition coefficient (Wildman–Crippen LogP) is 3.43. The zero-order valence-corrected chi connectivity index (χ0v) is 11.7. The van der Waals surface area contributed by atoms with Crippen LogP contribution in [0.4, 0.5) is 0 Å². The number of benzene rings is 1. The van der Waals surface area contributed by atoms with Gasteiger partial charge in [-0.05, 0) is 30.9 Å². The highest BCUT2D eigenvalue weighted by Crippen LogP contribution is 2.34. The number of amides is 1. The fraction of sp³-hybridized carbons (Fsp3) is 0.333. The van der Waals surface area contributed by atoms with E-state index in [-0.39, 0.29) is 11.9 Å². The van der Waals surface area contributed by atoms with E-state index in [1.54, 1.807) is 5.51 Å². The summed E-state index contributed by atoms with van der Waals surface area (Å²) in [6, 6.07) is 8.54. The molecule has 0 N–H and O–H groups in total. The minimum Gasteiger partial charge on any atom is -0.330 e. The monoisotopic (exact) mass is 272 g/mol. The van der Waals surface area contributed by atoms with Crippen molar-refractivity contribution in [2.24, 2.45) is 0 Å². The van der Waals surface area contributed by atoms with Crippen molar-refractivity contribution < 1.29 is 4.79 Å². The fourth-order valence-corrected chi connectivity index (χ4v) is 3.28. The van der Waals surface area contributed by atoms with Gasteiger partial charge < -0.3 is 4.90 Å². The first-order valence-electron chi connectivity index (χ1n) is 6.52. The van der Waals surface area contributed by atoms with E-state index < -0.39 is 0 Å². The van der Waals surface area contributed by atoms with Crippen LogP contribution in [0.2, 0.25) is 0 Å². The van der Waals surface area contributed by atoms with Gasteiger partial charge in [0.25, 0.3) is 5.91 Å². The van der Waals surface area contributed by atoms with Crippen molar-refractivity contribution in [2.45, 2.75) is 25.8 Å². The first-order valence-corrected chi connectivity index (χ1v) is 7.46. The number of carbonyl (C=O) groups is 1. The van der Waals surface area contributed by atoms with Gasteiger partial charge >= 0.3 is 0 Å². The highest BCUT2D eigenvalue weighted by molar-refractivity contribution is 7.07. The molecular formula is C15H16N2OS. The first kappa shape index (κ1) is 12.4. The minimum absolute atomic E-state index is 0.0620.